The maximum Gasteiger partial charge on any atom is 0.431 e. The van der Waals surface area contributed by atoms with E-state index in [2.05, 4.69) is 0 Å². The Kier molecular flexibility index (Phi) is 4.15. The van der Waals surface area contributed by atoms with E-state index in [4.69, 9.17) is 9.57 Å². The minimum Gasteiger partial charge on any atom is -0.448 e. The Bertz CT molecular complexity index is 824. The Balaban J connectivity index is 1.77. The van der Waals surface area contributed by atoms with Crippen LogP contribution in [0.15, 0.2) is 42.0 Å². The van der Waals surface area contributed by atoms with Crippen LogP contribution < -0.4 is 0 Å². The number of carbonyl (C=O) groups is 3. The molecule has 3 amide bonds. The van der Waals surface area contributed by atoms with E-state index < -0.39 is 18.4 Å². The number of benzene rings is 1. The van der Waals surface area contributed by atoms with Crippen LogP contribution in [0, 0.1) is 5.92 Å². The van der Waals surface area contributed by atoms with Crippen LogP contribution in [0.2, 0.25) is 0 Å². The third kappa shape index (κ3) is 2.51. The molecule has 142 valence electrons. The number of nitrogens with zero attached hydrogens (tertiary/aromatic N) is 3. The molecule has 2 bridgehead atoms. The van der Waals surface area contributed by atoms with E-state index >= 15 is 0 Å². The summed E-state index contributed by atoms with van der Waals surface area (Å²) in [5, 5.41) is 3.75. The summed E-state index contributed by atoms with van der Waals surface area (Å²) in [7, 11) is 0. The molecular formula is C19H21N3O5. The lowest BCUT2D eigenvalue weighted by molar-refractivity contribution is -0.187. The molecular weight excluding hydrogens is 350 g/mol. The second-order valence-corrected chi connectivity index (χ2v) is 6.85. The predicted octanol–water partition coefficient (Wildman–Crippen LogP) is 1.95. The highest BCUT2D eigenvalue weighted by atomic mass is 16.7. The monoisotopic (exact) mass is 371 g/mol. The first-order chi connectivity index (χ1) is 13.0. The number of carbonyl (C=O) groups excluding carboxylic acids is 3. The molecule has 1 aromatic rings. The van der Waals surface area contributed by atoms with Crippen molar-refractivity contribution in [1.29, 1.82) is 0 Å². The van der Waals surface area contributed by atoms with E-state index in [1.807, 2.05) is 13.0 Å². The molecule has 4 aliphatic heterocycles. The Labute approximate surface area is 156 Å². The number of β-lactam (4-membered cyclic amide) rings is 1. The molecule has 27 heavy (non-hydrogen) atoms. The van der Waals surface area contributed by atoms with Gasteiger partial charge in [-0.05, 0) is 37.6 Å². The molecule has 2 saturated heterocycles. The van der Waals surface area contributed by atoms with Gasteiger partial charge in [-0.1, -0.05) is 25.1 Å². The Morgan fingerprint density at radius 3 is 2.59 bits per heavy atom. The van der Waals surface area contributed by atoms with Crippen molar-refractivity contribution in [1.82, 2.24) is 15.1 Å². The van der Waals surface area contributed by atoms with E-state index in [1.165, 1.54) is 15.1 Å². The molecule has 1 aromatic carbocycles. The summed E-state index contributed by atoms with van der Waals surface area (Å²) in [6.07, 6.45) is -0.297. The van der Waals surface area contributed by atoms with Crippen molar-refractivity contribution in [3.8, 4) is 0 Å². The molecule has 0 radical (unpaired) electrons. The highest BCUT2D eigenvalue weighted by Crippen LogP contribution is 2.42. The molecule has 5 rings (SSSR count). The lowest BCUT2D eigenvalue weighted by Gasteiger charge is -2.49. The fraction of sp³-hybridized carbons (Fsp3) is 0.421. The topological polar surface area (TPSA) is 79.4 Å². The summed E-state index contributed by atoms with van der Waals surface area (Å²) in [5.74, 6) is -0.893. The zero-order valence-corrected chi connectivity index (χ0v) is 15.4. The van der Waals surface area contributed by atoms with Gasteiger partial charge in [-0.15, -0.1) is 0 Å². The molecule has 0 N–H and O–H groups in total. The number of hydrogen-bond donors (Lipinski definition) is 0. The molecule has 8 heteroatoms. The average molecular weight is 371 g/mol. The normalized spacial score (nSPS) is 28.9. The third-order valence-electron chi connectivity index (χ3n) is 5.21. The zero-order chi connectivity index (χ0) is 19.3. The van der Waals surface area contributed by atoms with E-state index in [1.54, 1.807) is 44.2 Å². The van der Waals surface area contributed by atoms with Gasteiger partial charge in [0.1, 0.15) is 6.10 Å². The van der Waals surface area contributed by atoms with Crippen LogP contribution in [0.3, 0.4) is 0 Å². The van der Waals surface area contributed by atoms with Crippen LogP contribution in [-0.2, 0) is 14.4 Å². The maximum atomic E-state index is 13.1. The quantitative estimate of drug-likeness (QED) is 0.586. The highest BCUT2D eigenvalue weighted by molar-refractivity contribution is 5.94. The van der Waals surface area contributed by atoms with Crippen LogP contribution in [0.5, 0.6) is 0 Å². The van der Waals surface area contributed by atoms with Gasteiger partial charge in [-0.3, -0.25) is 14.4 Å². The van der Waals surface area contributed by atoms with Crippen LogP contribution >= 0.6 is 0 Å². The summed E-state index contributed by atoms with van der Waals surface area (Å²) >= 11 is 0. The van der Waals surface area contributed by atoms with Gasteiger partial charge in [0.25, 0.3) is 5.91 Å². The minimum atomic E-state index is -0.894. The molecule has 2 fully saturated rings. The number of hydroxylamine groups is 2. The molecule has 8 nitrogen and oxygen atoms in total. The van der Waals surface area contributed by atoms with Crippen molar-refractivity contribution in [2.24, 2.45) is 5.92 Å². The van der Waals surface area contributed by atoms with Gasteiger partial charge in [0.05, 0.1) is 18.6 Å². The van der Waals surface area contributed by atoms with Crippen molar-refractivity contribution in [2.75, 3.05) is 6.61 Å². The fourth-order valence-corrected chi connectivity index (χ4v) is 3.83. The van der Waals surface area contributed by atoms with Crippen LogP contribution in [0.25, 0.3) is 0 Å². The Morgan fingerprint density at radius 2 is 1.93 bits per heavy atom. The van der Waals surface area contributed by atoms with Crippen molar-refractivity contribution < 1.29 is 24.0 Å². The summed E-state index contributed by atoms with van der Waals surface area (Å²) in [6, 6.07) is 8.32. The van der Waals surface area contributed by atoms with Gasteiger partial charge in [0, 0.05) is 5.56 Å². The maximum absolute atomic E-state index is 13.1. The molecule has 4 heterocycles. The first-order valence-electron chi connectivity index (χ1n) is 8.98. The number of hydrogen-bond acceptors (Lipinski definition) is 5. The summed E-state index contributed by atoms with van der Waals surface area (Å²) < 4.78 is 5.16. The van der Waals surface area contributed by atoms with E-state index in [-0.39, 0.29) is 30.4 Å². The fourth-order valence-electron chi connectivity index (χ4n) is 3.83. The lowest BCUT2D eigenvalue weighted by atomic mass is 9.84. The third-order valence-corrected chi connectivity index (χ3v) is 5.21. The van der Waals surface area contributed by atoms with Gasteiger partial charge in [0.15, 0.2) is 6.17 Å². The summed E-state index contributed by atoms with van der Waals surface area (Å²) in [5.41, 5.74) is 1.31. The number of hydrazine groups is 1. The Morgan fingerprint density at radius 1 is 1.22 bits per heavy atom. The van der Waals surface area contributed by atoms with Crippen LogP contribution in [-0.4, -0.2) is 57.9 Å². The van der Waals surface area contributed by atoms with E-state index in [9.17, 15) is 14.4 Å². The standard InChI is InChI=1S/C19H21N3O5/c1-4-26-19(25)20-14-10-11(2)16(15-12(3)17(23)21(15)20)27-22(14)18(24)13-8-6-5-7-9-13/h5-10,12,14-16H,4H2,1-3H3/t12-,14+,15-,16+/m1/s1. The SMILES string of the molecule is CCOC(=O)N1[C@@H]2C=C(C)[C@H](ON2C(=O)c2ccccc2)[C@H]2[C@@H](C)C(=O)N21. The van der Waals surface area contributed by atoms with Gasteiger partial charge in [-0.2, -0.15) is 10.1 Å². The highest BCUT2D eigenvalue weighted by Gasteiger charge is 2.61. The number of rotatable bonds is 2. The van der Waals surface area contributed by atoms with Crippen molar-refractivity contribution in [3.63, 3.8) is 0 Å². The first kappa shape index (κ1) is 17.5. The molecule has 4 aliphatic rings. The zero-order valence-electron chi connectivity index (χ0n) is 15.4. The lowest BCUT2D eigenvalue weighted by Crippen LogP contribution is -2.70. The van der Waals surface area contributed by atoms with Crippen molar-refractivity contribution in [3.05, 3.63) is 47.5 Å². The average Bonchev–Trinajstić information content (AvgIpc) is 2.88. The number of fused-ring (bicyclic) bond motifs is 1. The first-order valence-corrected chi connectivity index (χ1v) is 8.98. The van der Waals surface area contributed by atoms with Crippen LogP contribution in [0.1, 0.15) is 31.1 Å². The molecule has 0 spiro atoms. The summed E-state index contributed by atoms with van der Waals surface area (Å²) in [4.78, 5) is 44.3. The van der Waals surface area contributed by atoms with E-state index in [0.717, 1.165) is 5.57 Å². The van der Waals surface area contributed by atoms with Crippen LogP contribution in [0.4, 0.5) is 4.79 Å². The second kappa shape index (κ2) is 6.38. The molecule has 4 atom stereocenters. The van der Waals surface area contributed by atoms with Gasteiger partial charge >= 0.3 is 6.09 Å². The summed E-state index contributed by atoms with van der Waals surface area (Å²) in [6.45, 7) is 5.52. The van der Waals surface area contributed by atoms with Crippen molar-refractivity contribution >= 4 is 17.9 Å². The Hall–Kier alpha value is -2.87. The smallest absolute Gasteiger partial charge is 0.431 e. The molecule has 0 aromatic heterocycles. The minimum absolute atomic E-state index is 0.157. The van der Waals surface area contributed by atoms with Gasteiger partial charge < -0.3 is 4.74 Å². The van der Waals surface area contributed by atoms with Gasteiger partial charge in [0.2, 0.25) is 5.91 Å². The molecule has 0 aliphatic carbocycles. The molecule has 0 unspecified atom stereocenters. The predicted molar refractivity (Wildman–Crippen MR) is 93.7 cm³/mol. The van der Waals surface area contributed by atoms with E-state index in [0.29, 0.717) is 5.56 Å². The number of ether oxygens (including phenoxy) is 1. The van der Waals surface area contributed by atoms with Crippen molar-refractivity contribution in [2.45, 2.75) is 39.1 Å². The van der Waals surface area contributed by atoms with Gasteiger partial charge in [-0.25, -0.2) is 9.80 Å². The number of amides is 3. The second-order valence-electron chi connectivity index (χ2n) is 6.85. The molecule has 0 saturated carbocycles. The largest absolute Gasteiger partial charge is 0.448 e.